The molecule has 0 bridgehead atoms. The third kappa shape index (κ3) is 5.77. The van der Waals surface area contributed by atoms with Gasteiger partial charge in [-0.05, 0) is 79.8 Å². The maximum absolute atomic E-state index is 13.3. The molecule has 0 saturated heterocycles. The maximum atomic E-state index is 13.3. The highest BCUT2D eigenvalue weighted by molar-refractivity contribution is 5.79. The van der Waals surface area contributed by atoms with Crippen molar-refractivity contribution in [2.45, 2.75) is 32.2 Å². The molecule has 4 aromatic rings. The summed E-state index contributed by atoms with van der Waals surface area (Å²) < 4.78 is 18.5. The summed E-state index contributed by atoms with van der Waals surface area (Å²) in [5.41, 5.74) is 2.70. The van der Waals surface area contributed by atoms with E-state index < -0.39 is 0 Å². The lowest BCUT2D eigenvalue weighted by Crippen LogP contribution is -2.23. The first-order chi connectivity index (χ1) is 17.6. The number of ether oxygens (including phenoxy) is 3. The van der Waals surface area contributed by atoms with Gasteiger partial charge in [0.2, 0.25) is 0 Å². The predicted octanol–water partition coefficient (Wildman–Crippen LogP) is 6.06. The molecule has 1 aromatic heterocycles. The first kappa shape index (κ1) is 25.0. The third-order valence-electron chi connectivity index (χ3n) is 6.10. The van der Waals surface area contributed by atoms with Crippen LogP contribution in [0, 0.1) is 0 Å². The van der Waals surface area contributed by atoms with E-state index in [1.165, 1.54) is 0 Å². The summed E-state index contributed by atoms with van der Waals surface area (Å²) in [6.07, 6.45) is 5.27. The molecule has 186 valence electrons. The predicted molar refractivity (Wildman–Crippen MR) is 144 cm³/mol. The van der Waals surface area contributed by atoms with Crippen molar-refractivity contribution in [3.05, 3.63) is 95.3 Å². The van der Waals surface area contributed by atoms with Crippen molar-refractivity contribution in [1.29, 1.82) is 0 Å². The monoisotopic (exact) mass is 484 g/mol. The summed E-state index contributed by atoms with van der Waals surface area (Å²) >= 11 is 0. The fraction of sp³-hybridized carbons (Fsp3) is 0.267. The van der Waals surface area contributed by atoms with Crippen molar-refractivity contribution >= 4 is 10.9 Å². The van der Waals surface area contributed by atoms with Crippen molar-refractivity contribution in [2.75, 3.05) is 20.8 Å². The van der Waals surface area contributed by atoms with E-state index in [0.29, 0.717) is 29.9 Å². The highest BCUT2D eigenvalue weighted by Crippen LogP contribution is 2.28. The van der Waals surface area contributed by atoms with Gasteiger partial charge in [0.25, 0.3) is 5.56 Å². The minimum Gasteiger partial charge on any atom is -0.497 e. The molecule has 3 aromatic carbocycles. The quantitative estimate of drug-likeness (QED) is 0.181. The first-order valence-electron chi connectivity index (χ1n) is 12.2. The van der Waals surface area contributed by atoms with E-state index in [9.17, 15) is 4.79 Å². The Morgan fingerprint density at radius 3 is 2.47 bits per heavy atom. The van der Waals surface area contributed by atoms with Crippen LogP contribution in [-0.4, -0.2) is 30.4 Å². The van der Waals surface area contributed by atoms with Crippen molar-refractivity contribution in [2.24, 2.45) is 0 Å². The number of aromatic nitrogens is 2. The molecule has 0 unspecified atom stereocenters. The van der Waals surface area contributed by atoms with Gasteiger partial charge in [-0.15, -0.1) is 6.58 Å². The number of benzene rings is 3. The van der Waals surface area contributed by atoms with Crippen LogP contribution in [-0.2, 0) is 13.0 Å². The Balaban J connectivity index is 1.42. The molecular formula is C30H32N2O4. The third-order valence-corrected chi connectivity index (χ3v) is 6.10. The second kappa shape index (κ2) is 12.1. The Labute approximate surface area is 211 Å². The van der Waals surface area contributed by atoms with E-state index in [0.717, 1.165) is 54.1 Å². The van der Waals surface area contributed by atoms with Gasteiger partial charge in [-0.3, -0.25) is 9.36 Å². The molecule has 0 amide bonds. The van der Waals surface area contributed by atoms with Crippen LogP contribution in [0.15, 0.2) is 84.2 Å². The van der Waals surface area contributed by atoms with E-state index >= 15 is 0 Å². The van der Waals surface area contributed by atoms with Crippen LogP contribution in [0.25, 0.3) is 22.3 Å². The minimum absolute atomic E-state index is 0.0213. The molecule has 6 heteroatoms. The first-order valence-corrected chi connectivity index (χ1v) is 12.2. The number of rotatable bonds is 12. The molecule has 0 aliphatic heterocycles. The van der Waals surface area contributed by atoms with Crippen LogP contribution in [0.4, 0.5) is 0 Å². The molecule has 0 aliphatic carbocycles. The van der Waals surface area contributed by atoms with Gasteiger partial charge in [-0.1, -0.05) is 24.3 Å². The van der Waals surface area contributed by atoms with Crippen LogP contribution < -0.4 is 19.8 Å². The SMILES string of the molecule is C=CCc1ccc(OCCCCCn2c(-c3ccc(OC)cc3)nc3ccccc3c2=O)c(OC)c1. The number of hydrogen-bond acceptors (Lipinski definition) is 5. The number of methoxy groups -OCH3 is 2. The summed E-state index contributed by atoms with van der Waals surface area (Å²) in [5, 5.41) is 0.630. The zero-order valence-corrected chi connectivity index (χ0v) is 20.9. The van der Waals surface area contributed by atoms with E-state index in [2.05, 4.69) is 6.58 Å². The number of para-hydroxylation sites is 1. The standard InChI is InChI=1S/C30H32N2O4/c1-4-10-22-13-18-27(28(21-22)35-3)36-20-9-5-8-19-32-29(23-14-16-24(34-2)17-15-23)31-26-12-7-6-11-25(26)30(32)33/h4,6-7,11-18,21H,1,5,8-10,19-20H2,2-3H3. The molecule has 0 N–H and O–H groups in total. The van der Waals surface area contributed by atoms with Gasteiger partial charge in [-0.2, -0.15) is 0 Å². The fourth-order valence-electron chi connectivity index (χ4n) is 4.19. The van der Waals surface area contributed by atoms with Gasteiger partial charge in [-0.25, -0.2) is 4.98 Å². The number of fused-ring (bicyclic) bond motifs is 1. The zero-order chi connectivity index (χ0) is 25.3. The molecule has 0 aliphatic rings. The van der Waals surface area contributed by atoms with Crippen molar-refractivity contribution in [3.8, 4) is 28.6 Å². The van der Waals surface area contributed by atoms with Crippen LogP contribution in [0.5, 0.6) is 17.2 Å². The van der Waals surface area contributed by atoms with Gasteiger partial charge in [0, 0.05) is 12.1 Å². The van der Waals surface area contributed by atoms with Crippen LogP contribution in [0.1, 0.15) is 24.8 Å². The summed E-state index contributed by atoms with van der Waals surface area (Å²) in [6, 6.07) is 21.1. The Kier molecular flexibility index (Phi) is 8.40. The van der Waals surface area contributed by atoms with Crippen LogP contribution >= 0.6 is 0 Å². The number of hydrogen-bond donors (Lipinski definition) is 0. The largest absolute Gasteiger partial charge is 0.497 e. The highest BCUT2D eigenvalue weighted by Gasteiger charge is 2.13. The van der Waals surface area contributed by atoms with Gasteiger partial charge in [0.1, 0.15) is 11.6 Å². The molecule has 0 saturated carbocycles. The topological polar surface area (TPSA) is 62.6 Å². The lowest BCUT2D eigenvalue weighted by atomic mass is 10.1. The van der Waals surface area contributed by atoms with E-state index in [-0.39, 0.29) is 5.56 Å². The number of nitrogens with zero attached hydrogens (tertiary/aromatic N) is 2. The lowest BCUT2D eigenvalue weighted by Gasteiger charge is -2.14. The Morgan fingerprint density at radius 1 is 0.917 bits per heavy atom. The van der Waals surface area contributed by atoms with Crippen molar-refractivity contribution in [3.63, 3.8) is 0 Å². The van der Waals surface area contributed by atoms with E-state index in [1.807, 2.05) is 72.8 Å². The lowest BCUT2D eigenvalue weighted by molar-refractivity contribution is 0.284. The smallest absolute Gasteiger partial charge is 0.261 e. The Hall–Kier alpha value is -4.06. The van der Waals surface area contributed by atoms with Gasteiger partial charge >= 0.3 is 0 Å². The molecule has 36 heavy (non-hydrogen) atoms. The van der Waals surface area contributed by atoms with Gasteiger partial charge < -0.3 is 14.2 Å². The Bertz CT molecular complexity index is 1380. The molecule has 0 fully saturated rings. The molecule has 4 rings (SSSR count). The molecule has 0 spiro atoms. The van der Waals surface area contributed by atoms with Gasteiger partial charge in [0.15, 0.2) is 11.5 Å². The van der Waals surface area contributed by atoms with Crippen molar-refractivity contribution < 1.29 is 14.2 Å². The minimum atomic E-state index is -0.0213. The average molecular weight is 485 g/mol. The molecular weight excluding hydrogens is 452 g/mol. The second-order valence-corrected chi connectivity index (χ2v) is 8.52. The molecule has 0 atom stereocenters. The number of allylic oxidation sites excluding steroid dienone is 1. The summed E-state index contributed by atoms with van der Waals surface area (Å²) in [4.78, 5) is 18.2. The van der Waals surface area contributed by atoms with E-state index in [1.54, 1.807) is 18.8 Å². The molecule has 6 nitrogen and oxygen atoms in total. The normalized spacial score (nSPS) is 10.8. The zero-order valence-electron chi connectivity index (χ0n) is 20.9. The van der Waals surface area contributed by atoms with Crippen LogP contribution in [0.2, 0.25) is 0 Å². The summed E-state index contributed by atoms with van der Waals surface area (Å²) in [7, 11) is 3.28. The molecule has 0 radical (unpaired) electrons. The maximum Gasteiger partial charge on any atom is 0.261 e. The second-order valence-electron chi connectivity index (χ2n) is 8.52. The summed E-state index contributed by atoms with van der Waals surface area (Å²) in [5.74, 6) is 2.90. The van der Waals surface area contributed by atoms with E-state index in [4.69, 9.17) is 19.2 Å². The van der Waals surface area contributed by atoms with Crippen molar-refractivity contribution in [1.82, 2.24) is 9.55 Å². The Morgan fingerprint density at radius 2 is 1.72 bits per heavy atom. The average Bonchev–Trinajstić information content (AvgIpc) is 2.92. The fourth-order valence-corrected chi connectivity index (χ4v) is 4.19. The van der Waals surface area contributed by atoms with Crippen LogP contribution in [0.3, 0.4) is 0 Å². The van der Waals surface area contributed by atoms with Gasteiger partial charge in [0.05, 0.1) is 31.7 Å². The molecule has 1 heterocycles. The summed E-state index contributed by atoms with van der Waals surface area (Å²) in [6.45, 7) is 4.94. The number of unbranched alkanes of at least 4 members (excludes halogenated alkanes) is 2. The highest BCUT2D eigenvalue weighted by atomic mass is 16.5.